The van der Waals surface area contributed by atoms with E-state index in [0.29, 0.717) is 22.6 Å². The third kappa shape index (κ3) is 4.88. The van der Waals surface area contributed by atoms with Crippen LogP contribution in [0.25, 0.3) is 6.08 Å². The number of nitrogens with zero attached hydrogens (tertiary/aromatic N) is 2. The predicted octanol–water partition coefficient (Wildman–Crippen LogP) is 4.93. The van der Waals surface area contributed by atoms with Gasteiger partial charge in [-0.2, -0.15) is 0 Å². The highest BCUT2D eigenvalue weighted by Crippen LogP contribution is 2.33. The fraction of sp³-hybridized carbons (Fsp3) is 0.292. The van der Waals surface area contributed by atoms with Gasteiger partial charge in [-0.25, -0.2) is 4.39 Å². The SMILES string of the molecule is CC1CCN(C(=O)c2cccc(/C=C3\SC(=O)N(Cc4cccc(F)c4)C3=O)c2)CC1. The summed E-state index contributed by atoms with van der Waals surface area (Å²) < 4.78 is 13.4. The van der Waals surface area contributed by atoms with Crippen LogP contribution in [-0.4, -0.2) is 39.9 Å². The standard InChI is InChI=1S/C24H23FN2O3S/c1-16-8-10-26(11-9-16)22(28)19-6-2-4-17(12-19)14-21-23(29)27(24(30)31-21)15-18-5-3-7-20(25)13-18/h2-7,12-14,16H,8-11,15H2,1H3/b21-14-. The summed E-state index contributed by atoms with van der Waals surface area (Å²) in [5.41, 5.74) is 1.81. The van der Waals surface area contributed by atoms with Gasteiger partial charge in [0.25, 0.3) is 17.1 Å². The minimum atomic E-state index is -0.416. The van der Waals surface area contributed by atoms with Crippen molar-refractivity contribution >= 4 is 34.9 Å². The van der Waals surface area contributed by atoms with Gasteiger partial charge in [-0.15, -0.1) is 0 Å². The number of hydrogen-bond acceptors (Lipinski definition) is 4. The van der Waals surface area contributed by atoms with E-state index in [0.717, 1.165) is 42.6 Å². The van der Waals surface area contributed by atoms with Crippen LogP contribution < -0.4 is 0 Å². The van der Waals surface area contributed by atoms with E-state index < -0.39 is 17.0 Å². The number of carbonyl (C=O) groups excluding carboxylic acids is 3. The van der Waals surface area contributed by atoms with Gasteiger partial charge >= 0.3 is 0 Å². The number of piperidine rings is 1. The zero-order chi connectivity index (χ0) is 22.0. The van der Waals surface area contributed by atoms with Crippen molar-refractivity contribution in [3.63, 3.8) is 0 Å². The Morgan fingerprint density at radius 2 is 1.87 bits per heavy atom. The lowest BCUT2D eigenvalue weighted by Crippen LogP contribution is -2.37. The molecular formula is C24H23FN2O3S. The lowest BCUT2D eigenvalue weighted by molar-refractivity contribution is -0.123. The second-order valence-electron chi connectivity index (χ2n) is 8.00. The lowest BCUT2D eigenvalue weighted by Gasteiger charge is -2.30. The summed E-state index contributed by atoms with van der Waals surface area (Å²) in [7, 11) is 0. The molecule has 0 atom stereocenters. The lowest BCUT2D eigenvalue weighted by atomic mass is 9.98. The zero-order valence-electron chi connectivity index (χ0n) is 17.2. The van der Waals surface area contributed by atoms with Gasteiger partial charge in [0.1, 0.15) is 5.82 Å². The van der Waals surface area contributed by atoms with Crippen molar-refractivity contribution < 1.29 is 18.8 Å². The molecule has 0 N–H and O–H groups in total. The van der Waals surface area contributed by atoms with E-state index in [1.54, 1.807) is 42.5 Å². The van der Waals surface area contributed by atoms with Crippen molar-refractivity contribution in [1.82, 2.24) is 9.80 Å². The van der Waals surface area contributed by atoms with Crippen molar-refractivity contribution in [2.45, 2.75) is 26.3 Å². The van der Waals surface area contributed by atoms with Crippen LogP contribution in [-0.2, 0) is 11.3 Å². The summed E-state index contributed by atoms with van der Waals surface area (Å²) >= 11 is 0.852. The monoisotopic (exact) mass is 438 g/mol. The van der Waals surface area contributed by atoms with Gasteiger partial charge in [0.15, 0.2) is 0 Å². The Bertz CT molecular complexity index is 1060. The predicted molar refractivity (Wildman–Crippen MR) is 119 cm³/mol. The molecule has 31 heavy (non-hydrogen) atoms. The van der Waals surface area contributed by atoms with Crippen LogP contribution in [0.2, 0.25) is 0 Å². The molecule has 2 heterocycles. The molecule has 160 valence electrons. The highest BCUT2D eigenvalue weighted by molar-refractivity contribution is 8.18. The zero-order valence-corrected chi connectivity index (χ0v) is 18.0. The molecule has 5 nitrogen and oxygen atoms in total. The van der Waals surface area contributed by atoms with Crippen LogP contribution in [0.4, 0.5) is 9.18 Å². The van der Waals surface area contributed by atoms with Crippen molar-refractivity contribution in [1.29, 1.82) is 0 Å². The summed E-state index contributed by atoms with van der Waals surface area (Å²) in [5, 5.41) is -0.393. The van der Waals surface area contributed by atoms with Crippen LogP contribution in [0.15, 0.2) is 53.4 Å². The second-order valence-corrected chi connectivity index (χ2v) is 8.99. The van der Waals surface area contributed by atoms with Gasteiger partial charge in [0, 0.05) is 18.7 Å². The fourth-order valence-corrected chi connectivity index (χ4v) is 4.60. The molecule has 0 aromatic heterocycles. The first-order valence-electron chi connectivity index (χ1n) is 10.3. The fourth-order valence-electron chi connectivity index (χ4n) is 3.76. The first kappa shape index (κ1) is 21.3. The van der Waals surface area contributed by atoms with Gasteiger partial charge in [-0.3, -0.25) is 19.3 Å². The van der Waals surface area contributed by atoms with Gasteiger partial charge in [0.2, 0.25) is 0 Å². The number of benzene rings is 2. The normalized spacial score (nSPS) is 18.8. The van der Waals surface area contributed by atoms with E-state index in [-0.39, 0.29) is 17.4 Å². The minimum absolute atomic E-state index is 0.0126. The van der Waals surface area contributed by atoms with Crippen LogP contribution in [0, 0.1) is 11.7 Å². The molecule has 7 heteroatoms. The average Bonchev–Trinajstić information content (AvgIpc) is 3.01. The van der Waals surface area contributed by atoms with Gasteiger partial charge in [-0.05, 0) is 72.0 Å². The van der Waals surface area contributed by atoms with Crippen molar-refractivity contribution in [3.05, 3.63) is 75.9 Å². The molecule has 0 spiro atoms. The number of imide groups is 1. The molecule has 2 aliphatic heterocycles. The number of hydrogen-bond donors (Lipinski definition) is 0. The maximum Gasteiger partial charge on any atom is 0.293 e. The van der Waals surface area contributed by atoms with Crippen molar-refractivity contribution in [2.24, 2.45) is 5.92 Å². The van der Waals surface area contributed by atoms with E-state index in [4.69, 9.17) is 0 Å². The largest absolute Gasteiger partial charge is 0.339 e. The number of thioether (sulfide) groups is 1. The average molecular weight is 439 g/mol. The molecule has 0 bridgehead atoms. The number of halogens is 1. The number of likely N-dealkylation sites (tertiary alicyclic amines) is 1. The molecule has 0 aliphatic carbocycles. The maximum atomic E-state index is 13.4. The van der Waals surface area contributed by atoms with E-state index in [9.17, 15) is 18.8 Å². The molecule has 0 unspecified atom stereocenters. The Morgan fingerprint density at radius 1 is 1.13 bits per heavy atom. The minimum Gasteiger partial charge on any atom is -0.339 e. The van der Waals surface area contributed by atoms with E-state index >= 15 is 0 Å². The third-order valence-electron chi connectivity index (χ3n) is 5.61. The van der Waals surface area contributed by atoms with Crippen molar-refractivity contribution in [2.75, 3.05) is 13.1 Å². The molecule has 2 aromatic carbocycles. The highest BCUT2D eigenvalue weighted by atomic mass is 32.2. The Balaban J connectivity index is 1.49. The van der Waals surface area contributed by atoms with Crippen LogP contribution in [0.1, 0.15) is 41.3 Å². The maximum absolute atomic E-state index is 13.4. The Morgan fingerprint density at radius 3 is 2.61 bits per heavy atom. The summed E-state index contributed by atoms with van der Waals surface area (Å²) in [6, 6.07) is 12.9. The molecule has 4 rings (SSSR count). The topological polar surface area (TPSA) is 57.7 Å². The van der Waals surface area contributed by atoms with E-state index in [1.165, 1.54) is 12.1 Å². The highest BCUT2D eigenvalue weighted by Gasteiger charge is 2.35. The van der Waals surface area contributed by atoms with Gasteiger partial charge < -0.3 is 4.90 Å². The molecule has 2 saturated heterocycles. The molecule has 0 radical (unpaired) electrons. The summed E-state index contributed by atoms with van der Waals surface area (Å²) in [5.74, 6) is -0.203. The van der Waals surface area contributed by atoms with Crippen LogP contribution in [0.3, 0.4) is 0 Å². The van der Waals surface area contributed by atoms with Crippen molar-refractivity contribution in [3.8, 4) is 0 Å². The summed E-state index contributed by atoms with van der Waals surface area (Å²) in [6.07, 6.45) is 3.64. The van der Waals surface area contributed by atoms with Crippen LogP contribution >= 0.6 is 11.8 Å². The number of amides is 3. The summed E-state index contributed by atoms with van der Waals surface area (Å²) in [4.78, 5) is 41.2. The molecule has 2 fully saturated rings. The smallest absolute Gasteiger partial charge is 0.293 e. The van der Waals surface area contributed by atoms with E-state index in [1.807, 2.05) is 4.90 Å². The van der Waals surface area contributed by atoms with Crippen LogP contribution in [0.5, 0.6) is 0 Å². The molecule has 3 amide bonds. The first-order valence-corrected chi connectivity index (χ1v) is 11.1. The van der Waals surface area contributed by atoms with E-state index in [2.05, 4.69) is 6.92 Å². The third-order valence-corrected chi connectivity index (χ3v) is 6.51. The molecule has 0 saturated carbocycles. The number of carbonyl (C=O) groups is 3. The quantitative estimate of drug-likeness (QED) is 0.635. The molecular weight excluding hydrogens is 415 g/mol. The first-order chi connectivity index (χ1) is 14.9. The second kappa shape index (κ2) is 9.06. The van der Waals surface area contributed by atoms with Gasteiger partial charge in [-0.1, -0.05) is 31.2 Å². The molecule has 2 aliphatic rings. The summed E-state index contributed by atoms with van der Waals surface area (Å²) in [6.45, 7) is 3.72. The molecule has 2 aromatic rings. The number of rotatable bonds is 4. The Hall–Kier alpha value is -2.93. The Kier molecular flexibility index (Phi) is 6.23. The van der Waals surface area contributed by atoms with Gasteiger partial charge in [0.05, 0.1) is 11.4 Å². The Labute approximate surface area is 184 Å².